The molecule has 0 heterocycles. The molecule has 0 aliphatic rings. The van der Waals surface area contributed by atoms with E-state index in [4.69, 9.17) is 9.47 Å². The molecule has 0 saturated carbocycles. The van der Waals surface area contributed by atoms with Gasteiger partial charge in [-0.05, 0) is 82.0 Å². The molecule has 4 aromatic carbocycles. The molecule has 0 unspecified atom stereocenters. The van der Waals surface area contributed by atoms with E-state index in [0.29, 0.717) is 12.8 Å². The summed E-state index contributed by atoms with van der Waals surface area (Å²) in [5.41, 5.74) is 2.06. The fourth-order valence-electron chi connectivity index (χ4n) is 9.23. The summed E-state index contributed by atoms with van der Waals surface area (Å²) in [6.07, 6.45) is 34.5. The Kier molecular flexibility index (Phi) is 23.7. The molecule has 0 saturated heterocycles. The first-order valence-electron chi connectivity index (χ1n) is 25.5. The van der Waals surface area contributed by atoms with Crippen LogP contribution in [0.15, 0.2) is 48.5 Å². The van der Waals surface area contributed by atoms with E-state index in [1.165, 1.54) is 176 Å². The number of carbonyl (C=O) groups is 2. The van der Waals surface area contributed by atoms with E-state index in [1.807, 2.05) is 0 Å². The molecule has 6 nitrogen and oxygen atoms in total. The Morgan fingerprint density at radius 3 is 0.903 bits per heavy atom. The molecule has 0 N–H and O–H groups in total. The number of hydrogen-bond acceptors (Lipinski definition) is 4. The number of benzene rings is 4. The van der Waals surface area contributed by atoms with Gasteiger partial charge in [0.25, 0.3) is 0 Å². The highest BCUT2D eigenvalue weighted by molar-refractivity contribution is 6.24. The minimum atomic E-state index is -0.106. The molecule has 6 heteroatoms. The summed E-state index contributed by atoms with van der Waals surface area (Å²) in [7, 11) is 13.7. The number of ether oxygens (including phenoxy) is 2. The van der Waals surface area contributed by atoms with Crippen LogP contribution in [-0.4, -0.2) is 76.3 Å². The smallest absolute Gasteiger partial charge is 0.306 e. The molecule has 0 aromatic heterocycles. The van der Waals surface area contributed by atoms with Gasteiger partial charge in [0.1, 0.15) is 13.2 Å². The average Bonchev–Trinajstić information content (AvgIpc) is 3.23. The molecule has 4 rings (SSSR count). The maximum atomic E-state index is 12.8. The molecule has 0 spiro atoms. The molecule has 346 valence electrons. The maximum absolute atomic E-state index is 12.8. The van der Waals surface area contributed by atoms with Crippen LogP contribution in [0.3, 0.4) is 0 Å². The van der Waals surface area contributed by atoms with Crippen molar-refractivity contribution in [3.63, 3.8) is 0 Å². The topological polar surface area (TPSA) is 52.6 Å². The number of unbranched alkanes of at least 4 members (excludes halogenated alkanes) is 24. The molecule has 0 aliphatic carbocycles. The van der Waals surface area contributed by atoms with E-state index in [-0.39, 0.29) is 25.2 Å². The van der Waals surface area contributed by atoms with Crippen LogP contribution in [-0.2, 0) is 32.3 Å². The van der Waals surface area contributed by atoms with Crippen molar-refractivity contribution in [1.82, 2.24) is 0 Å². The molecule has 0 radical (unpaired) electrons. The Bertz CT molecular complexity index is 1700. The minimum absolute atomic E-state index is 0.106. The van der Waals surface area contributed by atoms with Gasteiger partial charge in [0.05, 0.1) is 55.4 Å². The van der Waals surface area contributed by atoms with Gasteiger partial charge in [-0.15, -0.1) is 0 Å². The van der Waals surface area contributed by atoms with Crippen molar-refractivity contribution >= 4 is 44.3 Å². The number of quaternary nitrogens is 2. The standard InChI is InChI=1S/C56H90N2O4/c1-57(2,3)43-31-27-23-19-15-11-7-9-13-17-21-25-29-33-53(59)61-45-49-37-35-47-40-42-52-50(38-36-48-39-41-51(49)55(47)56(48)52)46-62-54(60)34-30-26-22-18-14-10-8-12-16-20-24-28-32-44-58(4,5)6/h35-42H,7-34,43-46H2,1-6H3/q+2. The van der Waals surface area contributed by atoms with Crippen LogP contribution in [0.4, 0.5) is 0 Å². The van der Waals surface area contributed by atoms with Crippen molar-refractivity contribution < 1.29 is 28.0 Å². The Labute approximate surface area is 379 Å². The number of nitrogens with zero attached hydrogens (tertiary/aromatic N) is 2. The lowest BCUT2D eigenvalue weighted by atomic mass is 9.90. The van der Waals surface area contributed by atoms with E-state index in [2.05, 4.69) is 90.8 Å². The van der Waals surface area contributed by atoms with Crippen LogP contribution in [0.5, 0.6) is 0 Å². The van der Waals surface area contributed by atoms with Gasteiger partial charge < -0.3 is 18.4 Å². The zero-order valence-corrected chi connectivity index (χ0v) is 40.8. The van der Waals surface area contributed by atoms with Gasteiger partial charge in [-0.2, -0.15) is 0 Å². The zero-order valence-electron chi connectivity index (χ0n) is 40.8. The second kappa shape index (κ2) is 28.5. The molecular weight excluding hydrogens is 765 g/mol. The first-order valence-corrected chi connectivity index (χ1v) is 25.5. The summed E-state index contributed by atoms with van der Waals surface area (Å²) >= 11 is 0. The van der Waals surface area contributed by atoms with Crippen LogP contribution < -0.4 is 0 Å². The van der Waals surface area contributed by atoms with Crippen molar-refractivity contribution in [1.29, 1.82) is 0 Å². The van der Waals surface area contributed by atoms with Gasteiger partial charge in [0.2, 0.25) is 0 Å². The summed E-state index contributed by atoms with van der Waals surface area (Å²) in [4.78, 5) is 25.5. The number of esters is 2. The van der Waals surface area contributed by atoms with E-state index in [0.717, 1.165) is 56.5 Å². The fraction of sp³-hybridized carbons (Fsp3) is 0.679. The fourth-order valence-corrected chi connectivity index (χ4v) is 9.23. The average molecular weight is 855 g/mol. The predicted octanol–water partition coefficient (Wildman–Crippen LogP) is 15.0. The normalized spacial score (nSPS) is 12.3. The van der Waals surface area contributed by atoms with Crippen molar-refractivity contribution in [2.45, 2.75) is 193 Å². The Morgan fingerprint density at radius 2 is 0.613 bits per heavy atom. The molecule has 0 aliphatic heterocycles. The van der Waals surface area contributed by atoms with Crippen molar-refractivity contribution in [2.75, 3.05) is 55.4 Å². The van der Waals surface area contributed by atoms with Gasteiger partial charge in [-0.1, -0.05) is 177 Å². The summed E-state index contributed by atoms with van der Waals surface area (Å²) in [5, 5.41) is 6.95. The van der Waals surface area contributed by atoms with Gasteiger partial charge in [0, 0.05) is 12.8 Å². The Balaban J connectivity index is 1.07. The molecule has 0 amide bonds. The summed E-state index contributed by atoms with van der Waals surface area (Å²) in [5.74, 6) is -0.212. The molecule has 62 heavy (non-hydrogen) atoms. The first kappa shape index (κ1) is 51.4. The quantitative estimate of drug-likeness (QED) is 0.0198. The second-order valence-corrected chi connectivity index (χ2v) is 20.9. The molecule has 0 fully saturated rings. The lowest BCUT2D eigenvalue weighted by Gasteiger charge is -2.23. The van der Waals surface area contributed by atoms with Crippen LogP contribution in [0.25, 0.3) is 32.3 Å². The van der Waals surface area contributed by atoms with Crippen molar-refractivity contribution in [3.8, 4) is 0 Å². The van der Waals surface area contributed by atoms with Crippen LogP contribution in [0.1, 0.15) is 191 Å². The van der Waals surface area contributed by atoms with Crippen LogP contribution in [0.2, 0.25) is 0 Å². The first-order chi connectivity index (χ1) is 29.9. The van der Waals surface area contributed by atoms with E-state index in [1.54, 1.807) is 0 Å². The molecular formula is C56H90N2O4+2. The summed E-state index contributed by atoms with van der Waals surface area (Å²) in [6.45, 7) is 3.14. The van der Waals surface area contributed by atoms with Gasteiger partial charge in [-0.3, -0.25) is 9.59 Å². The third-order valence-electron chi connectivity index (χ3n) is 13.0. The highest BCUT2D eigenvalue weighted by atomic mass is 16.5. The van der Waals surface area contributed by atoms with Gasteiger partial charge in [0.15, 0.2) is 0 Å². The lowest BCUT2D eigenvalue weighted by Crippen LogP contribution is -2.35. The lowest BCUT2D eigenvalue weighted by molar-refractivity contribution is -0.870. The van der Waals surface area contributed by atoms with Crippen LogP contribution >= 0.6 is 0 Å². The Morgan fingerprint density at radius 1 is 0.355 bits per heavy atom. The van der Waals surface area contributed by atoms with Crippen molar-refractivity contribution in [3.05, 3.63) is 59.7 Å². The Hall–Kier alpha value is -3.22. The van der Waals surface area contributed by atoms with E-state index in [9.17, 15) is 9.59 Å². The SMILES string of the molecule is C[N+](C)(C)CCCCCCCCCCCCCCCC(=O)OCc1ccc2ccc3c(COC(=O)CCCCCCCCCCCCCCC[N+](C)(C)C)ccc4ccc1c2c43. The largest absolute Gasteiger partial charge is 0.461 e. The highest BCUT2D eigenvalue weighted by Crippen LogP contribution is 2.38. The van der Waals surface area contributed by atoms with Crippen LogP contribution in [0, 0.1) is 0 Å². The minimum Gasteiger partial charge on any atom is -0.461 e. The second-order valence-electron chi connectivity index (χ2n) is 20.9. The van der Waals surface area contributed by atoms with Crippen molar-refractivity contribution in [2.24, 2.45) is 0 Å². The molecule has 4 aromatic rings. The molecule has 0 atom stereocenters. The third-order valence-corrected chi connectivity index (χ3v) is 13.0. The third kappa shape index (κ3) is 20.5. The number of hydrogen-bond donors (Lipinski definition) is 0. The number of carbonyl (C=O) groups excluding carboxylic acids is 2. The molecule has 0 bridgehead atoms. The zero-order chi connectivity index (χ0) is 44.5. The monoisotopic (exact) mass is 855 g/mol. The maximum Gasteiger partial charge on any atom is 0.306 e. The van der Waals surface area contributed by atoms with E-state index < -0.39 is 0 Å². The summed E-state index contributed by atoms with van der Waals surface area (Å²) < 4.78 is 13.8. The highest BCUT2D eigenvalue weighted by Gasteiger charge is 2.15. The number of rotatable bonds is 36. The predicted molar refractivity (Wildman–Crippen MR) is 265 cm³/mol. The van der Waals surface area contributed by atoms with Gasteiger partial charge in [-0.25, -0.2) is 0 Å². The van der Waals surface area contributed by atoms with E-state index >= 15 is 0 Å². The van der Waals surface area contributed by atoms with Gasteiger partial charge >= 0.3 is 11.9 Å². The summed E-state index contributed by atoms with van der Waals surface area (Å²) in [6, 6.07) is 17.1.